The molecule has 1 aromatic heterocycles. The predicted octanol–water partition coefficient (Wildman–Crippen LogP) is 3.50. The number of nitrogens with zero attached hydrogens (tertiary/aromatic N) is 4. The smallest absolute Gasteiger partial charge is 0.233 e. The molecule has 1 saturated heterocycles. The number of hydrogen-bond acceptors (Lipinski definition) is 7. The first kappa shape index (κ1) is 17.2. The van der Waals surface area contributed by atoms with Crippen molar-refractivity contribution in [1.29, 1.82) is 0 Å². The first-order valence-electron chi connectivity index (χ1n) is 9.01. The van der Waals surface area contributed by atoms with Crippen molar-refractivity contribution in [2.75, 3.05) is 41.8 Å². The van der Waals surface area contributed by atoms with Crippen LogP contribution in [0.1, 0.15) is 5.56 Å². The Morgan fingerprint density at radius 1 is 0.815 bits per heavy atom. The second kappa shape index (κ2) is 8.01. The average Bonchev–Trinajstić information content (AvgIpc) is 2.69. The number of hydrogen-bond donors (Lipinski definition) is 2. The van der Waals surface area contributed by atoms with Crippen molar-refractivity contribution < 1.29 is 4.74 Å². The molecule has 27 heavy (non-hydrogen) atoms. The second-order valence-corrected chi connectivity index (χ2v) is 6.37. The van der Waals surface area contributed by atoms with Gasteiger partial charge in [0.1, 0.15) is 0 Å². The summed E-state index contributed by atoms with van der Waals surface area (Å²) >= 11 is 0. The Morgan fingerprint density at radius 3 is 2.19 bits per heavy atom. The van der Waals surface area contributed by atoms with Gasteiger partial charge in [-0.2, -0.15) is 15.0 Å². The molecule has 2 aromatic carbocycles. The van der Waals surface area contributed by atoms with E-state index in [1.54, 1.807) is 0 Å². The summed E-state index contributed by atoms with van der Waals surface area (Å²) < 4.78 is 5.44. The number of aryl methyl sites for hydroxylation is 1. The maximum atomic E-state index is 5.44. The molecule has 0 radical (unpaired) electrons. The van der Waals surface area contributed by atoms with E-state index in [-0.39, 0.29) is 0 Å². The van der Waals surface area contributed by atoms with Gasteiger partial charge in [0.2, 0.25) is 17.8 Å². The lowest BCUT2D eigenvalue weighted by Gasteiger charge is -2.27. The maximum absolute atomic E-state index is 5.44. The van der Waals surface area contributed by atoms with Gasteiger partial charge < -0.3 is 20.3 Å². The molecular formula is C20H22N6O. The largest absolute Gasteiger partial charge is 0.378 e. The quantitative estimate of drug-likeness (QED) is 0.719. The summed E-state index contributed by atoms with van der Waals surface area (Å²) in [5.41, 5.74) is 3.04. The zero-order chi connectivity index (χ0) is 18.5. The average molecular weight is 362 g/mol. The number of para-hydroxylation sites is 1. The van der Waals surface area contributed by atoms with Crippen molar-refractivity contribution >= 4 is 29.2 Å². The van der Waals surface area contributed by atoms with Gasteiger partial charge in [-0.25, -0.2) is 0 Å². The molecule has 3 aromatic rings. The zero-order valence-electron chi connectivity index (χ0n) is 15.2. The highest BCUT2D eigenvalue weighted by molar-refractivity contribution is 5.59. The molecule has 4 rings (SSSR count). The fourth-order valence-electron chi connectivity index (χ4n) is 2.88. The topological polar surface area (TPSA) is 75.2 Å². The molecule has 7 nitrogen and oxygen atoms in total. The molecular weight excluding hydrogens is 340 g/mol. The lowest BCUT2D eigenvalue weighted by Crippen LogP contribution is -2.37. The summed E-state index contributed by atoms with van der Waals surface area (Å²) in [5.74, 6) is 1.66. The van der Waals surface area contributed by atoms with E-state index in [2.05, 4.69) is 49.5 Å². The molecule has 1 aliphatic heterocycles. The summed E-state index contributed by atoms with van der Waals surface area (Å²) in [6.45, 7) is 4.93. The summed E-state index contributed by atoms with van der Waals surface area (Å²) in [4.78, 5) is 15.9. The number of anilines is 5. The molecule has 0 spiro atoms. The van der Waals surface area contributed by atoms with Crippen LogP contribution in [0.2, 0.25) is 0 Å². The van der Waals surface area contributed by atoms with E-state index in [0.717, 1.165) is 24.5 Å². The number of benzene rings is 2. The highest BCUT2D eigenvalue weighted by atomic mass is 16.5. The molecule has 1 aliphatic rings. The van der Waals surface area contributed by atoms with Crippen LogP contribution in [-0.2, 0) is 4.74 Å². The third kappa shape index (κ3) is 4.51. The van der Waals surface area contributed by atoms with E-state index in [0.29, 0.717) is 31.1 Å². The van der Waals surface area contributed by atoms with Crippen LogP contribution in [0, 0.1) is 6.92 Å². The summed E-state index contributed by atoms with van der Waals surface area (Å²) in [6, 6.07) is 18.0. The van der Waals surface area contributed by atoms with Crippen LogP contribution in [-0.4, -0.2) is 41.3 Å². The van der Waals surface area contributed by atoms with Gasteiger partial charge in [-0.3, -0.25) is 0 Å². The minimum absolute atomic E-state index is 0.507. The van der Waals surface area contributed by atoms with Crippen LogP contribution in [0.4, 0.5) is 29.2 Å². The normalized spacial score (nSPS) is 14.0. The molecule has 2 heterocycles. The van der Waals surface area contributed by atoms with Crippen molar-refractivity contribution in [3.63, 3.8) is 0 Å². The van der Waals surface area contributed by atoms with Gasteiger partial charge in [-0.1, -0.05) is 30.3 Å². The van der Waals surface area contributed by atoms with Crippen LogP contribution in [0.15, 0.2) is 54.6 Å². The van der Waals surface area contributed by atoms with Gasteiger partial charge in [-0.15, -0.1) is 0 Å². The molecule has 138 valence electrons. The lowest BCUT2D eigenvalue weighted by molar-refractivity contribution is 0.122. The van der Waals surface area contributed by atoms with Crippen molar-refractivity contribution in [2.45, 2.75) is 6.92 Å². The summed E-state index contributed by atoms with van der Waals surface area (Å²) in [7, 11) is 0. The Labute approximate surface area is 158 Å². The number of morpholine rings is 1. The van der Waals surface area contributed by atoms with Gasteiger partial charge in [0, 0.05) is 24.5 Å². The minimum atomic E-state index is 0.507. The van der Waals surface area contributed by atoms with E-state index in [4.69, 9.17) is 4.74 Å². The molecule has 2 N–H and O–H groups in total. The van der Waals surface area contributed by atoms with Gasteiger partial charge in [-0.05, 0) is 36.8 Å². The third-order valence-electron chi connectivity index (χ3n) is 4.22. The van der Waals surface area contributed by atoms with E-state index >= 15 is 0 Å². The standard InChI is InChI=1S/C20H22N6O/c1-15-6-5-9-17(14-15)22-19-23-18(21-16-7-3-2-4-8-16)24-20(25-19)26-10-12-27-13-11-26/h2-9,14H,10-13H2,1H3,(H2,21,22,23,24,25). The molecule has 0 atom stereocenters. The summed E-state index contributed by atoms with van der Waals surface area (Å²) in [6.07, 6.45) is 0. The first-order chi connectivity index (χ1) is 13.3. The maximum Gasteiger partial charge on any atom is 0.233 e. The molecule has 0 unspecified atom stereocenters. The van der Waals surface area contributed by atoms with Gasteiger partial charge in [0.25, 0.3) is 0 Å². The highest BCUT2D eigenvalue weighted by Crippen LogP contribution is 2.21. The van der Waals surface area contributed by atoms with Gasteiger partial charge >= 0.3 is 0 Å². The molecule has 0 saturated carbocycles. The number of nitrogens with one attached hydrogen (secondary N) is 2. The van der Waals surface area contributed by atoms with E-state index < -0.39 is 0 Å². The van der Waals surface area contributed by atoms with Crippen molar-refractivity contribution in [1.82, 2.24) is 15.0 Å². The Morgan fingerprint density at radius 2 is 1.48 bits per heavy atom. The lowest BCUT2D eigenvalue weighted by atomic mass is 10.2. The molecule has 0 amide bonds. The van der Waals surface area contributed by atoms with Crippen LogP contribution >= 0.6 is 0 Å². The van der Waals surface area contributed by atoms with E-state index in [1.807, 2.05) is 42.5 Å². The van der Waals surface area contributed by atoms with Crippen molar-refractivity contribution in [2.24, 2.45) is 0 Å². The number of rotatable bonds is 5. The van der Waals surface area contributed by atoms with E-state index in [1.165, 1.54) is 5.56 Å². The van der Waals surface area contributed by atoms with Crippen molar-refractivity contribution in [3.8, 4) is 0 Å². The molecule has 0 bridgehead atoms. The first-order valence-corrected chi connectivity index (χ1v) is 9.01. The number of aromatic nitrogens is 3. The zero-order valence-corrected chi connectivity index (χ0v) is 15.2. The third-order valence-corrected chi connectivity index (χ3v) is 4.22. The predicted molar refractivity (Wildman–Crippen MR) is 107 cm³/mol. The van der Waals surface area contributed by atoms with Crippen molar-refractivity contribution in [3.05, 3.63) is 60.2 Å². The molecule has 7 heteroatoms. The highest BCUT2D eigenvalue weighted by Gasteiger charge is 2.17. The SMILES string of the molecule is Cc1cccc(Nc2nc(Nc3ccccc3)nc(N3CCOCC3)n2)c1. The molecule has 0 aliphatic carbocycles. The Hall–Kier alpha value is -3.19. The Balaban J connectivity index is 1.65. The second-order valence-electron chi connectivity index (χ2n) is 6.37. The van der Waals surface area contributed by atoms with Gasteiger partial charge in [0.05, 0.1) is 13.2 Å². The number of ether oxygens (including phenoxy) is 1. The van der Waals surface area contributed by atoms with Crippen LogP contribution in [0.5, 0.6) is 0 Å². The van der Waals surface area contributed by atoms with Crippen LogP contribution in [0.3, 0.4) is 0 Å². The van der Waals surface area contributed by atoms with Crippen LogP contribution < -0.4 is 15.5 Å². The van der Waals surface area contributed by atoms with E-state index in [9.17, 15) is 0 Å². The fourth-order valence-corrected chi connectivity index (χ4v) is 2.88. The Kier molecular flexibility index (Phi) is 5.11. The summed E-state index contributed by atoms with van der Waals surface area (Å²) in [5, 5.41) is 6.55. The van der Waals surface area contributed by atoms with Crippen LogP contribution in [0.25, 0.3) is 0 Å². The molecule has 1 fully saturated rings. The minimum Gasteiger partial charge on any atom is -0.378 e. The van der Waals surface area contributed by atoms with Gasteiger partial charge in [0.15, 0.2) is 0 Å². The fraction of sp³-hybridized carbons (Fsp3) is 0.250. The monoisotopic (exact) mass is 362 g/mol. The Bertz CT molecular complexity index is 896.